The first-order valence-corrected chi connectivity index (χ1v) is 3.92. The van der Waals surface area contributed by atoms with Gasteiger partial charge in [-0.1, -0.05) is 4.57 Å². The van der Waals surface area contributed by atoms with Gasteiger partial charge in [0.25, 0.3) is 0 Å². The Kier molecular flexibility index (Phi) is 2.84. The molecule has 1 heterocycles. The second-order valence-corrected chi connectivity index (χ2v) is 2.83. The van der Waals surface area contributed by atoms with Crippen molar-refractivity contribution in [2.75, 3.05) is 26.1 Å². The number of nitrogens with zero attached hydrogens (tertiary/aromatic N) is 2. The first-order valence-electron chi connectivity index (χ1n) is 3.92. The molecule has 0 atom stereocenters. The fourth-order valence-electron chi connectivity index (χ4n) is 0.944. The van der Waals surface area contributed by atoms with Crippen molar-refractivity contribution >= 4 is 11.8 Å². The number of carbonyl (C=O) groups is 1. The van der Waals surface area contributed by atoms with E-state index < -0.39 is 0 Å². The number of methoxy groups -OCH3 is 1. The van der Waals surface area contributed by atoms with Gasteiger partial charge in [-0.2, -0.15) is 4.79 Å². The molecule has 70 valence electrons. The highest BCUT2D eigenvalue weighted by Gasteiger charge is 2.13. The zero-order valence-corrected chi connectivity index (χ0v) is 8.02. The van der Waals surface area contributed by atoms with Crippen LogP contribution in [0.1, 0.15) is 0 Å². The van der Waals surface area contributed by atoms with Gasteiger partial charge < -0.3 is 9.64 Å². The molecule has 13 heavy (non-hydrogen) atoms. The minimum Gasteiger partial charge on any atom is -0.415 e. The molecule has 0 aliphatic rings. The van der Waals surface area contributed by atoms with Gasteiger partial charge in [0.05, 0.1) is 7.11 Å². The van der Waals surface area contributed by atoms with E-state index in [1.807, 2.05) is 31.1 Å². The van der Waals surface area contributed by atoms with Crippen LogP contribution >= 0.6 is 0 Å². The van der Waals surface area contributed by atoms with Crippen molar-refractivity contribution < 1.29 is 14.1 Å². The van der Waals surface area contributed by atoms with Gasteiger partial charge in [0.1, 0.15) is 0 Å². The molecule has 1 rings (SSSR count). The Labute approximate surface area is 77.4 Å². The fraction of sp³-hybridized carbons (Fsp3) is 0.333. The first kappa shape index (κ1) is 9.51. The van der Waals surface area contributed by atoms with Crippen LogP contribution in [-0.2, 0) is 4.74 Å². The molecule has 0 aromatic carbocycles. The average Bonchev–Trinajstić information content (AvgIpc) is 2.17. The summed E-state index contributed by atoms with van der Waals surface area (Å²) in [7, 11) is 5.24. The molecule has 0 bridgehead atoms. The Bertz CT molecular complexity index is 293. The van der Waals surface area contributed by atoms with Gasteiger partial charge in [0.15, 0.2) is 12.4 Å². The largest absolute Gasteiger partial charge is 0.601 e. The van der Waals surface area contributed by atoms with Gasteiger partial charge in [0, 0.05) is 31.9 Å². The summed E-state index contributed by atoms with van der Waals surface area (Å²) in [4.78, 5) is 13.0. The number of rotatable bonds is 1. The smallest absolute Gasteiger partial charge is 0.415 e. The lowest BCUT2D eigenvalue weighted by atomic mass is 10.4. The van der Waals surface area contributed by atoms with Crippen LogP contribution in [0.2, 0.25) is 0 Å². The van der Waals surface area contributed by atoms with Crippen molar-refractivity contribution in [3.05, 3.63) is 24.5 Å². The molecule has 4 heteroatoms. The number of anilines is 1. The number of hydrogen-bond donors (Lipinski definition) is 0. The number of carbonyl (C=O) groups excluding carboxylic acids is 1. The van der Waals surface area contributed by atoms with E-state index in [9.17, 15) is 4.79 Å². The molecular weight excluding hydrogens is 168 g/mol. The molecule has 0 fully saturated rings. The monoisotopic (exact) mass is 181 g/mol. The number of ether oxygens (including phenoxy) is 1. The van der Waals surface area contributed by atoms with Crippen LogP contribution < -0.4 is 9.47 Å². The van der Waals surface area contributed by atoms with Gasteiger partial charge in [-0.15, -0.1) is 0 Å². The molecule has 0 saturated carbocycles. The minimum atomic E-state index is -0.384. The zero-order valence-electron chi connectivity index (χ0n) is 8.02. The molecule has 4 nitrogen and oxygen atoms in total. The average molecular weight is 181 g/mol. The van der Waals surface area contributed by atoms with Gasteiger partial charge >= 0.3 is 6.09 Å². The molecular formula is C9H13N2O2+. The van der Waals surface area contributed by atoms with Crippen LogP contribution in [0.3, 0.4) is 0 Å². The van der Waals surface area contributed by atoms with Crippen LogP contribution in [0, 0.1) is 0 Å². The standard InChI is InChI=1S/C9H13N2O2/c1-10(2)8-4-6-11(7-5-8)9(12)13-3/h4-7H,1-3H3/q+1. The topological polar surface area (TPSA) is 33.4 Å². The molecule has 0 aliphatic carbocycles. The summed E-state index contributed by atoms with van der Waals surface area (Å²) < 4.78 is 5.93. The third-order valence-corrected chi connectivity index (χ3v) is 1.71. The lowest BCUT2D eigenvalue weighted by Crippen LogP contribution is -2.41. The normalized spacial score (nSPS) is 9.46. The maximum atomic E-state index is 11.0. The maximum Gasteiger partial charge on any atom is 0.601 e. The van der Waals surface area contributed by atoms with Gasteiger partial charge in [-0.25, -0.2) is 0 Å². The Morgan fingerprint density at radius 1 is 1.38 bits per heavy atom. The van der Waals surface area contributed by atoms with Crippen LogP contribution in [0.15, 0.2) is 24.5 Å². The Morgan fingerprint density at radius 2 is 1.92 bits per heavy atom. The molecule has 0 saturated heterocycles. The van der Waals surface area contributed by atoms with Gasteiger partial charge in [-0.05, 0) is 0 Å². The van der Waals surface area contributed by atoms with Crippen LogP contribution in [0.5, 0.6) is 0 Å². The van der Waals surface area contributed by atoms with E-state index in [-0.39, 0.29) is 6.09 Å². The quantitative estimate of drug-likeness (QED) is 0.596. The fourth-order valence-corrected chi connectivity index (χ4v) is 0.944. The lowest BCUT2D eigenvalue weighted by molar-refractivity contribution is -0.585. The summed E-state index contributed by atoms with van der Waals surface area (Å²) in [6, 6.07) is 3.69. The molecule has 0 N–H and O–H groups in total. The van der Waals surface area contributed by atoms with Crippen molar-refractivity contribution in [3.63, 3.8) is 0 Å². The third kappa shape index (κ3) is 2.18. The maximum absolute atomic E-state index is 11.0. The predicted molar refractivity (Wildman–Crippen MR) is 48.8 cm³/mol. The summed E-state index contributed by atoms with van der Waals surface area (Å²) in [6.07, 6.45) is 2.95. The van der Waals surface area contributed by atoms with Crippen molar-refractivity contribution in [1.82, 2.24) is 0 Å². The second kappa shape index (κ2) is 3.89. The van der Waals surface area contributed by atoms with Crippen molar-refractivity contribution in [1.29, 1.82) is 0 Å². The number of pyridine rings is 1. The summed E-state index contributed by atoms with van der Waals surface area (Å²) in [5.74, 6) is 0. The lowest BCUT2D eigenvalue weighted by Gasteiger charge is -2.09. The highest BCUT2D eigenvalue weighted by Crippen LogP contribution is 2.05. The van der Waals surface area contributed by atoms with Crippen molar-refractivity contribution in [2.45, 2.75) is 0 Å². The van der Waals surface area contributed by atoms with E-state index >= 15 is 0 Å². The Hall–Kier alpha value is -1.58. The zero-order chi connectivity index (χ0) is 9.84. The molecule has 0 aliphatic heterocycles. The van der Waals surface area contributed by atoms with E-state index in [0.717, 1.165) is 5.69 Å². The summed E-state index contributed by atoms with van der Waals surface area (Å²) in [6.45, 7) is 0. The van der Waals surface area contributed by atoms with E-state index in [1.54, 1.807) is 12.4 Å². The molecule has 0 unspecified atom stereocenters. The van der Waals surface area contributed by atoms with Crippen molar-refractivity contribution in [2.24, 2.45) is 0 Å². The summed E-state index contributed by atoms with van der Waals surface area (Å²) in [5.41, 5.74) is 1.04. The highest BCUT2D eigenvalue weighted by molar-refractivity contribution is 5.56. The molecule has 0 amide bonds. The van der Waals surface area contributed by atoms with Crippen molar-refractivity contribution in [3.8, 4) is 0 Å². The third-order valence-electron chi connectivity index (χ3n) is 1.71. The second-order valence-electron chi connectivity index (χ2n) is 2.83. The number of aromatic nitrogens is 1. The molecule has 0 spiro atoms. The van der Waals surface area contributed by atoms with Gasteiger partial charge in [-0.3, -0.25) is 0 Å². The van der Waals surface area contributed by atoms with Crippen LogP contribution in [-0.4, -0.2) is 27.3 Å². The van der Waals surface area contributed by atoms with E-state index in [0.29, 0.717) is 0 Å². The molecule has 0 radical (unpaired) electrons. The van der Waals surface area contributed by atoms with Gasteiger partial charge in [0.2, 0.25) is 0 Å². The van der Waals surface area contributed by atoms with Crippen LogP contribution in [0.4, 0.5) is 10.5 Å². The SMILES string of the molecule is COC(=O)[n+]1ccc(N(C)C)cc1. The molecule has 1 aromatic heterocycles. The number of hydrogen-bond acceptors (Lipinski definition) is 3. The summed E-state index contributed by atoms with van der Waals surface area (Å²) in [5, 5.41) is 0. The Balaban J connectivity index is 2.87. The predicted octanol–water partition coefficient (Wildman–Crippen LogP) is 0.655. The van der Waals surface area contributed by atoms with Crippen LogP contribution in [0.25, 0.3) is 0 Å². The highest BCUT2D eigenvalue weighted by atomic mass is 16.5. The van der Waals surface area contributed by atoms with E-state index in [4.69, 9.17) is 0 Å². The first-order chi connectivity index (χ1) is 6.15. The summed E-state index contributed by atoms with van der Waals surface area (Å²) >= 11 is 0. The molecule has 1 aromatic rings. The Morgan fingerprint density at radius 3 is 2.31 bits per heavy atom. The van der Waals surface area contributed by atoms with E-state index in [1.165, 1.54) is 11.7 Å². The minimum absolute atomic E-state index is 0.384. The van der Waals surface area contributed by atoms with E-state index in [2.05, 4.69) is 4.74 Å².